The van der Waals surface area contributed by atoms with Crippen molar-refractivity contribution in [3.8, 4) is 0 Å². The highest BCUT2D eigenvalue weighted by Gasteiger charge is 2.11. The minimum atomic E-state index is -0.175. The molecule has 0 saturated heterocycles. The standard InChI is InChI=1S/C13H12Br2FNS/c1-8(11-6-9(14)2-4-12(11)16)17-7-10-3-5-13(15)18-10/h2-6,8,17H,7H2,1H3. The molecule has 0 saturated carbocycles. The largest absolute Gasteiger partial charge is 0.305 e. The van der Waals surface area contributed by atoms with Crippen LogP contribution in [0.15, 0.2) is 38.6 Å². The second-order valence-electron chi connectivity index (χ2n) is 3.97. The average molecular weight is 393 g/mol. The topological polar surface area (TPSA) is 12.0 Å². The van der Waals surface area contributed by atoms with Crippen molar-refractivity contribution < 1.29 is 4.39 Å². The SMILES string of the molecule is CC(NCc1ccc(Br)s1)c1cc(Br)ccc1F. The van der Waals surface area contributed by atoms with Gasteiger partial charge in [-0.15, -0.1) is 11.3 Å². The van der Waals surface area contributed by atoms with E-state index in [1.54, 1.807) is 17.4 Å². The van der Waals surface area contributed by atoms with Crippen molar-refractivity contribution in [2.45, 2.75) is 19.5 Å². The normalized spacial score (nSPS) is 12.7. The summed E-state index contributed by atoms with van der Waals surface area (Å²) in [5, 5.41) is 3.33. The van der Waals surface area contributed by atoms with Gasteiger partial charge in [-0.1, -0.05) is 15.9 Å². The van der Waals surface area contributed by atoms with Gasteiger partial charge < -0.3 is 5.32 Å². The summed E-state index contributed by atoms with van der Waals surface area (Å²) >= 11 is 8.48. The highest BCUT2D eigenvalue weighted by molar-refractivity contribution is 9.11. The Bertz CT molecular complexity index is 542. The lowest BCUT2D eigenvalue weighted by atomic mass is 10.1. The summed E-state index contributed by atoms with van der Waals surface area (Å²) in [7, 11) is 0. The van der Waals surface area contributed by atoms with Gasteiger partial charge in [-0.05, 0) is 53.2 Å². The van der Waals surface area contributed by atoms with Gasteiger partial charge >= 0.3 is 0 Å². The predicted octanol–water partition coefficient (Wildman–Crippen LogP) is 5.26. The Balaban J connectivity index is 2.03. The Morgan fingerprint density at radius 2 is 2.06 bits per heavy atom. The van der Waals surface area contributed by atoms with Gasteiger partial charge in [-0.3, -0.25) is 0 Å². The molecule has 0 spiro atoms. The van der Waals surface area contributed by atoms with Gasteiger partial charge in [0, 0.05) is 27.5 Å². The first-order valence-electron chi connectivity index (χ1n) is 5.49. The first-order valence-corrected chi connectivity index (χ1v) is 7.89. The molecule has 0 aliphatic carbocycles. The van der Waals surface area contributed by atoms with E-state index in [-0.39, 0.29) is 11.9 Å². The van der Waals surface area contributed by atoms with E-state index in [1.165, 1.54) is 10.9 Å². The maximum absolute atomic E-state index is 13.7. The maximum atomic E-state index is 13.7. The van der Waals surface area contributed by atoms with Gasteiger partial charge in [-0.2, -0.15) is 0 Å². The van der Waals surface area contributed by atoms with Crippen LogP contribution in [0.4, 0.5) is 4.39 Å². The zero-order chi connectivity index (χ0) is 13.1. The summed E-state index contributed by atoms with van der Waals surface area (Å²) < 4.78 is 15.7. The summed E-state index contributed by atoms with van der Waals surface area (Å²) in [5.74, 6) is -0.175. The van der Waals surface area contributed by atoms with E-state index in [2.05, 4.69) is 43.2 Å². The van der Waals surface area contributed by atoms with Crippen LogP contribution in [0, 0.1) is 5.82 Å². The molecule has 1 atom stereocenters. The molecule has 1 N–H and O–H groups in total. The van der Waals surface area contributed by atoms with Crippen molar-refractivity contribution >= 4 is 43.2 Å². The number of halogens is 3. The third-order valence-electron chi connectivity index (χ3n) is 2.64. The minimum absolute atomic E-state index is 0.0247. The third-order valence-corrected chi connectivity index (χ3v) is 4.75. The summed E-state index contributed by atoms with van der Waals surface area (Å²) in [4.78, 5) is 1.23. The van der Waals surface area contributed by atoms with Crippen LogP contribution in [0.2, 0.25) is 0 Å². The van der Waals surface area contributed by atoms with Gasteiger partial charge in [0.15, 0.2) is 0 Å². The molecule has 0 fully saturated rings. The van der Waals surface area contributed by atoms with Crippen molar-refractivity contribution in [1.82, 2.24) is 5.32 Å². The van der Waals surface area contributed by atoms with E-state index in [9.17, 15) is 4.39 Å². The van der Waals surface area contributed by atoms with Crippen LogP contribution in [0.5, 0.6) is 0 Å². The van der Waals surface area contributed by atoms with Crippen molar-refractivity contribution in [1.29, 1.82) is 0 Å². The van der Waals surface area contributed by atoms with Gasteiger partial charge in [0.1, 0.15) is 5.82 Å². The molecule has 2 rings (SSSR count). The van der Waals surface area contributed by atoms with Crippen molar-refractivity contribution in [3.63, 3.8) is 0 Å². The third kappa shape index (κ3) is 3.63. The van der Waals surface area contributed by atoms with Crippen molar-refractivity contribution in [2.75, 3.05) is 0 Å². The van der Waals surface area contributed by atoms with E-state index in [1.807, 2.05) is 19.1 Å². The van der Waals surface area contributed by atoms with E-state index < -0.39 is 0 Å². The average Bonchev–Trinajstić information content (AvgIpc) is 2.75. The Morgan fingerprint density at radius 1 is 1.28 bits per heavy atom. The van der Waals surface area contributed by atoms with E-state index in [0.29, 0.717) is 5.56 Å². The number of benzene rings is 1. The number of nitrogens with one attached hydrogen (secondary N) is 1. The molecule has 1 aromatic heterocycles. The van der Waals surface area contributed by atoms with Gasteiger partial charge in [-0.25, -0.2) is 4.39 Å². The Labute approximate surface area is 127 Å². The van der Waals surface area contributed by atoms with Gasteiger partial charge in [0.05, 0.1) is 3.79 Å². The quantitative estimate of drug-likeness (QED) is 0.747. The summed E-state index contributed by atoms with van der Waals surface area (Å²) in [6.07, 6.45) is 0. The second-order valence-corrected chi connectivity index (χ2v) is 7.44. The van der Waals surface area contributed by atoms with Crippen LogP contribution in [0.1, 0.15) is 23.4 Å². The summed E-state index contributed by atoms with van der Waals surface area (Å²) in [6, 6.07) is 9.07. The molecule has 0 aliphatic heterocycles. The molecule has 0 aliphatic rings. The number of rotatable bonds is 4. The fourth-order valence-corrected chi connectivity index (χ4v) is 3.47. The van der Waals surface area contributed by atoms with Crippen molar-refractivity contribution in [2.24, 2.45) is 0 Å². The maximum Gasteiger partial charge on any atom is 0.128 e. The van der Waals surface area contributed by atoms with E-state index in [4.69, 9.17) is 0 Å². The molecular weight excluding hydrogens is 381 g/mol. The molecule has 1 nitrogen and oxygen atoms in total. The first-order chi connectivity index (χ1) is 8.56. The number of hydrogen-bond acceptors (Lipinski definition) is 2. The molecule has 96 valence electrons. The molecule has 2 aromatic rings. The first kappa shape index (κ1) is 14.2. The Morgan fingerprint density at radius 3 is 2.72 bits per heavy atom. The van der Waals surface area contributed by atoms with Crippen LogP contribution in [0.3, 0.4) is 0 Å². The predicted molar refractivity (Wildman–Crippen MR) is 81.4 cm³/mol. The van der Waals surface area contributed by atoms with E-state index in [0.717, 1.165) is 14.8 Å². The number of thiophene rings is 1. The molecule has 5 heteroatoms. The fourth-order valence-electron chi connectivity index (χ4n) is 1.66. The lowest BCUT2D eigenvalue weighted by Gasteiger charge is -2.14. The molecule has 1 unspecified atom stereocenters. The molecule has 0 bridgehead atoms. The Kier molecular flexibility index (Phi) is 4.95. The summed E-state index contributed by atoms with van der Waals surface area (Å²) in [5.41, 5.74) is 0.681. The van der Waals surface area contributed by atoms with Crippen molar-refractivity contribution in [3.05, 3.63) is 54.8 Å². The zero-order valence-corrected chi connectivity index (χ0v) is 13.7. The van der Waals surface area contributed by atoms with Crippen LogP contribution < -0.4 is 5.32 Å². The van der Waals surface area contributed by atoms with E-state index >= 15 is 0 Å². The fraction of sp³-hybridized carbons (Fsp3) is 0.231. The van der Waals surface area contributed by atoms with Crippen LogP contribution in [-0.2, 0) is 6.54 Å². The molecule has 0 radical (unpaired) electrons. The molecule has 1 aromatic carbocycles. The van der Waals surface area contributed by atoms with Crippen LogP contribution >= 0.6 is 43.2 Å². The Hall–Kier alpha value is -0.230. The monoisotopic (exact) mass is 391 g/mol. The molecule has 18 heavy (non-hydrogen) atoms. The molecule has 1 heterocycles. The lowest BCUT2D eigenvalue weighted by molar-refractivity contribution is 0.530. The lowest BCUT2D eigenvalue weighted by Crippen LogP contribution is -2.18. The highest BCUT2D eigenvalue weighted by Crippen LogP contribution is 2.24. The van der Waals surface area contributed by atoms with Crippen LogP contribution in [-0.4, -0.2) is 0 Å². The van der Waals surface area contributed by atoms with Crippen LogP contribution in [0.25, 0.3) is 0 Å². The zero-order valence-electron chi connectivity index (χ0n) is 9.71. The van der Waals surface area contributed by atoms with Gasteiger partial charge in [0.25, 0.3) is 0 Å². The smallest absolute Gasteiger partial charge is 0.128 e. The minimum Gasteiger partial charge on any atom is -0.305 e. The number of hydrogen-bond donors (Lipinski definition) is 1. The second kappa shape index (κ2) is 6.28. The highest BCUT2D eigenvalue weighted by atomic mass is 79.9. The molecule has 0 amide bonds. The summed E-state index contributed by atoms with van der Waals surface area (Å²) in [6.45, 7) is 2.71. The molecular formula is C13H12Br2FNS. The van der Waals surface area contributed by atoms with Gasteiger partial charge in [0.2, 0.25) is 0 Å².